The average Bonchev–Trinajstić information content (AvgIpc) is 2.31. The van der Waals surface area contributed by atoms with E-state index < -0.39 is 11.7 Å². The van der Waals surface area contributed by atoms with Gasteiger partial charge in [0.15, 0.2) is 4.77 Å². The Morgan fingerprint density at radius 3 is 2.42 bits per heavy atom. The normalized spacial score (nSPS) is 11.6. The molecular weight excluding hydrogens is 273 g/mol. The number of H-pyrrole nitrogens is 1. The summed E-state index contributed by atoms with van der Waals surface area (Å²) in [5, 5.41) is 0. The van der Waals surface area contributed by atoms with Gasteiger partial charge in [-0.05, 0) is 49.3 Å². The highest BCUT2D eigenvalue weighted by molar-refractivity contribution is 7.71. The number of nitrogens with zero attached hydrogens (tertiary/aromatic N) is 1. The second-order valence-electron chi connectivity index (χ2n) is 4.27. The maximum atomic E-state index is 12.6. The minimum Gasteiger partial charge on any atom is -0.330 e. The van der Waals surface area contributed by atoms with E-state index in [9.17, 15) is 13.2 Å². The summed E-state index contributed by atoms with van der Waals surface area (Å²) in [6.07, 6.45) is -2.73. The Morgan fingerprint density at radius 1 is 1.16 bits per heavy atom. The monoisotopic (exact) mass is 284 g/mol. The number of rotatable bonds is 1. The van der Waals surface area contributed by atoms with Crippen LogP contribution in [0.15, 0.2) is 24.4 Å². The van der Waals surface area contributed by atoms with Gasteiger partial charge in [0.05, 0.1) is 11.3 Å². The number of aromatic nitrogens is 2. The third-order valence-electron chi connectivity index (χ3n) is 2.82. The summed E-state index contributed by atoms with van der Waals surface area (Å²) in [7, 11) is 0. The summed E-state index contributed by atoms with van der Waals surface area (Å²) in [4.78, 5) is 6.84. The molecule has 1 aromatic carbocycles. The molecule has 0 radical (unpaired) electrons. The fourth-order valence-corrected chi connectivity index (χ4v) is 2.01. The van der Waals surface area contributed by atoms with Crippen molar-refractivity contribution < 1.29 is 13.2 Å². The van der Waals surface area contributed by atoms with Gasteiger partial charge in [-0.2, -0.15) is 13.2 Å². The molecule has 6 heteroatoms. The van der Waals surface area contributed by atoms with E-state index in [1.165, 1.54) is 6.07 Å². The Labute approximate surface area is 113 Å². The topological polar surface area (TPSA) is 28.7 Å². The molecule has 0 bridgehead atoms. The molecule has 100 valence electrons. The smallest absolute Gasteiger partial charge is 0.330 e. The zero-order chi connectivity index (χ0) is 14.2. The fraction of sp³-hybridized carbons (Fsp3) is 0.231. The quantitative estimate of drug-likeness (QED) is 0.784. The molecule has 2 rings (SSSR count). The molecule has 0 aliphatic carbocycles. The van der Waals surface area contributed by atoms with Gasteiger partial charge in [0, 0.05) is 11.8 Å². The number of halogens is 3. The van der Waals surface area contributed by atoms with Gasteiger partial charge >= 0.3 is 6.18 Å². The number of hydrogen-bond donors (Lipinski definition) is 1. The van der Waals surface area contributed by atoms with Crippen LogP contribution in [0, 0.1) is 18.6 Å². The molecule has 0 fully saturated rings. The van der Waals surface area contributed by atoms with Gasteiger partial charge in [-0.3, -0.25) is 0 Å². The first kappa shape index (κ1) is 13.7. The van der Waals surface area contributed by atoms with Gasteiger partial charge in [0.25, 0.3) is 0 Å². The highest BCUT2D eigenvalue weighted by Crippen LogP contribution is 2.33. The Morgan fingerprint density at radius 2 is 1.84 bits per heavy atom. The number of hydrogen-bond acceptors (Lipinski definition) is 2. The molecule has 0 spiro atoms. The van der Waals surface area contributed by atoms with E-state index in [0.717, 1.165) is 17.7 Å². The van der Waals surface area contributed by atoms with Crippen LogP contribution >= 0.6 is 12.2 Å². The Kier molecular flexibility index (Phi) is 3.45. The van der Waals surface area contributed by atoms with Crippen molar-refractivity contribution in [2.75, 3.05) is 0 Å². The van der Waals surface area contributed by atoms with Crippen molar-refractivity contribution in [2.24, 2.45) is 0 Å². The fourth-order valence-electron chi connectivity index (χ4n) is 1.86. The maximum absolute atomic E-state index is 12.6. The van der Waals surface area contributed by atoms with Crippen LogP contribution in [-0.4, -0.2) is 9.97 Å². The third-order valence-corrected chi connectivity index (χ3v) is 3.03. The van der Waals surface area contributed by atoms with Crippen LogP contribution in [0.25, 0.3) is 11.3 Å². The number of aryl methyl sites for hydroxylation is 2. The van der Waals surface area contributed by atoms with Crippen molar-refractivity contribution in [3.05, 3.63) is 45.9 Å². The summed E-state index contributed by atoms with van der Waals surface area (Å²) < 4.78 is 38.1. The Balaban J connectivity index is 2.59. The summed E-state index contributed by atoms with van der Waals surface area (Å²) in [5.74, 6) is 0. The summed E-state index contributed by atoms with van der Waals surface area (Å²) >= 11 is 4.94. The predicted octanol–water partition coefficient (Wildman–Crippen LogP) is 4.44. The molecule has 19 heavy (non-hydrogen) atoms. The molecule has 0 aliphatic heterocycles. The number of aromatic amines is 1. The number of benzene rings is 1. The maximum Gasteiger partial charge on any atom is 0.416 e. The molecule has 1 aromatic heterocycles. The van der Waals surface area contributed by atoms with E-state index >= 15 is 0 Å². The predicted molar refractivity (Wildman–Crippen MR) is 69.3 cm³/mol. The Hall–Kier alpha value is -1.69. The van der Waals surface area contributed by atoms with Crippen LogP contribution in [-0.2, 0) is 6.18 Å². The molecule has 0 aliphatic rings. The van der Waals surface area contributed by atoms with Crippen molar-refractivity contribution in [2.45, 2.75) is 20.0 Å². The van der Waals surface area contributed by atoms with E-state index in [4.69, 9.17) is 12.2 Å². The van der Waals surface area contributed by atoms with E-state index in [0.29, 0.717) is 21.6 Å². The highest BCUT2D eigenvalue weighted by Gasteiger charge is 2.30. The lowest BCUT2D eigenvalue weighted by Crippen LogP contribution is -2.05. The molecule has 0 amide bonds. The molecule has 0 saturated carbocycles. The molecule has 2 aromatic rings. The van der Waals surface area contributed by atoms with Crippen molar-refractivity contribution in [3.63, 3.8) is 0 Å². The van der Waals surface area contributed by atoms with Crippen molar-refractivity contribution in [1.82, 2.24) is 9.97 Å². The lowest BCUT2D eigenvalue weighted by Gasteiger charge is -2.12. The largest absolute Gasteiger partial charge is 0.416 e. The SMILES string of the molecule is Cc1cc(C(F)(F)F)ccc1-c1[nH]c(=S)ncc1C. The first-order valence-corrected chi connectivity index (χ1v) is 5.94. The zero-order valence-corrected chi connectivity index (χ0v) is 11.1. The second-order valence-corrected chi connectivity index (χ2v) is 4.66. The standard InChI is InChI=1S/C13H11F3N2S/c1-7-5-9(13(14,15)16)3-4-10(7)11-8(2)6-17-12(19)18-11/h3-6H,1-2H3,(H,17,18,19). The van der Waals surface area contributed by atoms with Crippen molar-refractivity contribution in [1.29, 1.82) is 0 Å². The van der Waals surface area contributed by atoms with E-state index in [1.807, 2.05) is 6.92 Å². The van der Waals surface area contributed by atoms with Crippen molar-refractivity contribution >= 4 is 12.2 Å². The van der Waals surface area contributed by atoms with E-state index in [-0.39, 0.29) is 0 Å². The first-order valence-electron chi connectivity index (χ1n) is 5.53. The van der Waals surface area contributed by atoms with Gasteiger partial charge in [0.2, 0.25) is 0 Å². The zero-order valence-electron chi connectivity index (χ0n) is 10.3. The second kappa shape index (κ2) is 4.77. The molecule has 2 nitrogen and oxygen atoms in total. The molecule has 1 heterocycles. The van der Waals surface area contributed by atoms with Gasteiger partial charge in [0.1, 0.15) is 0 Å². The van der Waals surface area contributed by atoms with Gasteiger partial charge in [-0.15, -0.1) is 0 Å². The molecule has 0 atom stereocenters. The lowest BCUT2D eigenvalue weighted by molar-refractivity contribution is -0.137. The van der Waals surface area contributed by atoms with Crippen LogP contribution in [0.4, 0.5) is 13.2 Å². The summed E-state index contributed by atoms with van der Waals surface area (Å²) in [6, 6.07) is 3.65. The lowest BCUT2D eigenvalue weighted by atomic mass is 10.00. The minimum absolute atomic E-state index is 0.305. The van der Waals surface area contributed by atoms with Crippen LogP contribution in [0.3, 0.4) is 0 Å². The number of nitrogens with one attached hydrogen (secondary N) is 1. The van der Waals surface area contributed by atoms with Crippen molar-refractivity contribution in [3.8, 4) is 11.3 Å². The van der Waals surface area contributed by atoms with Gasteiger partial charge in [-0.25, -0.2) is 4.98 Å². The van der Waals surface area contributed by atoms with Gasteiger partial charge < -0.3 is 4.98 Å². The van der Waals surface area contributed by atoms with Crippen LogP contribution < -0.4 is 0 Å². The van der Waals surface area contributed by atoms with Crippen LogP contribution in [0.1, 0.15) is 16.7 Å². The van der Waals surface area contributed by atoms with Crippen LogP contribution in [0.5, 0.6) is 0 Å². The van der Waals surface area contributed by atoms with E-state index in [1.54, 1.807) is 13.1 Å². The third kappa shape index (κ3) is 2.84. The van der Waals surface area contributed by atoms with Gasteiger partial charge in [-0.1, -0.05) is 6.07 Å². The summed E-state index contributed by atoms with van der Waals surface area (Å²) in [6.45, 7) is 3.46. The van der Waals surface area contributed by atoms with Crippen LogP contribution in [0.2, 0.25) is 0 Å². The Bertz CT molecular complexity index is 674. The average molecular weight is 284 g/mol. The molecule has 0 unspecified atom stereocenters. The summed E-state index contributed by atoms with van der Waals surface area (Å²) in [5.41, 5.74) is 2.11. The first-order chi connectivity index (χ1) is 8.79. The molecule has 0 saturated heterocycles. The number of alkyl halides is 3. The molecule has 1 N–H and O–H groups in total. The highest BCUT2D eigenvalue weighted by atomic mass is 32.1. The minimum atomic E-state index is -4.33. The molecular formula is C13H11F3N2S. The van der Waals surface area contributed by atoms with E-state index in [2.05, 4.69) is 9.97 Å².